The van der Waals surface area contributed by atoms with Crippen molar-refractivity contribution in [3.63, 3.8) is 0 Å². The molecule has 0 unspecified atom stereocenters. The number of hydrogen-bond donors (Lipinski definition) is 0. The monoisotopic (exact) mass is 303 g/mol. The summed E-state index contributed by atoms with van der Waals surface area (Å²) < 4.78 is 39.4. The SMILES string of the molecule is O=C(Cl)c1cc(Br)cnc1OC(F)(F)F. The number of carbonyl (C=O) groups is 1. The van der Waals surface area contributed by atoms with Gasteiger partial charge in [-0.05, 0) is 33.6 Å². The van der Waals surface area contributed by atoms with Gasteiger partial charge in [0.15, 0.2) is 0 Å². The Kier molecular flexibility index (Phi) is 3.56. The average molecular weight is 304 g/mol. The number of carbonyl (C=O) groups excluding carboxylic acids is 1. The van der Waals surface area contributed by atoms with Crippen molar-refractivity contribution in [2.45, 2.75) is 6.36 Å². The van der Waals surface area contributed by atoms with Crippen molar-refractivity contribution >= 4 is 32.8 Å². The second-order valence-corrected chi connectivity index (χ2v) is 3.59. The number of pyridine rings is 1. The lowest BCUT2D eigenvalue weighted by molar-refractivity contribution is -0.276. The summed E-state index contributed by atoms with van der Waals surface area (Å²) in [4.78, 5) is 14.1. The first-order valence-corrected chi connectivity index (χ1v) is 4.58. The first-order valence-electron chi connectivity index (χ1n) is 3.41. The molecule has 82 valence electrons. The maximum atomic E-state index is 11.9. The van der Waals surface area contributed by atoms with Crippen molar-refractivity contribution < 1.29 is 22.7 Å². The molecule has 1 rings (SSSR count). The Hall–Kier alpha value is -0.820. The van der Waals surface area contributed by atoms with E-state index in [1.165, 1.54) is 0 Å². The second kappa shape index (κ2) is 4.36. The predicted octanol–water partition coefficient (Wildman–Crippen LogP) is 3.12. The third-order valence-electron chi connectivity index (χ3n) is 1.24. The molecule has 0 aliphatic heterocycles. The molecule has 1 aromatic rings. The first-order chi connectivity index (χ1) is 6.79. The number of halogens is 5. The van der Waals surface area contributed by atoms with Gasteiger partial charge in [-0.1, -0.05) is 0 Å². The zero-order chi connectivity index (χ0) is 11.6. The zero-order valence-electron chi connectivity index (χ0n) is 6.81. The van der Waals surface area contributed by atoms with Crippen LogP contribution in [0, 0.1) is 0 Å². The maximum absolute atomic E-state index is 11.9. The predicted molar refractivity (Wildman–Crippen MR) is 48.8 cm³/mol. The van der Waals surface area contributed by atoms with Crippen LogP contribution in [-0.4, -0.2) is 16.6 Å². The van der Waals surface area contributed by atoms with Gasteiger partial charge in [0, 0.05) is 10.7 Å². The summed E-state index contributed by atoms with van der Waals surface area (Å²) in [6.07, 6.45) is -3.85. The van der Waals surface area contributed by atoms with Gasteiger partial charge in [-0.2, -0.15) is 0 Å². The van der Waals surface area contributed by atoms with Crippen molar-refractivity contribution in [3.05, 3.63) is 22.3 Å². The van der Waals surface area contributed by atoms with E-state index in [9.17, 15) is 18.0 Å². The van der Waals surface area contributed by atoms with Gasteiger partial charge in [0.2, 0.25) is 5.88 Å². The van der Waals surface area contributed by atoms with E-state index in [0.29, 0.717) is 4.47 Å². The Balaban J connectivity index is 3.12. The molecule has 0 aromatic carbocycles. The second-order valence-electron chi connectivity index (χ2n) is 2.33. The highest BCUT2D eigenvalue weighted by atomic mass is 79.9. The molecule has 0 radical (unpaired) electrons. The van der Waals surface area contributed by atoms with Crippen LogP contribution in [0.15, 0.2) is 16.7 Å². The molecule has 3 nitrogen and oxygen atoms in total. The molecular weight excluding hydrogens is 302 g/mol. The molecule has 0 saturated heterocycles. The molecule has 0 saturated carbocycles. The average Bonchev–Trinajstić information content (AvgIpc) is 2.05. The summed E-state index contributed by atoms with van der Waals surface area (Å²) in [6, 6.07) is 1.09. The summed E-state index contributed by atoms with van der Waals surface area (Å²) in [6.45, 7) is 0. The minimum absolute atomic E-state index is 0.320. The normalized spacial score (nSPS) is 11.3. The van der Waals surface area contributed by atoms with Gasteiger partial charge in [-0.25, -0.2) is 4.98 Å². The fourth-order valence-corrected chi connectivity index (χ4v) is 1.23. The minimum Gasteiger partial charge on any atom is -0.387 e. The van der Waals surface area contributed by atoms with E-state index in [-0.39, 0.29) is 0 Å². The first kappa shape index (κ1) is 12.3. The summed E-state index contributed by atoms with van der Waals surface area (Å²) in [5.41, 5.74) is -0.455. The van der Waals surface area contributed by atoms with Crippen LogP contribution < -0.4 is 4.74 Å². The van der Waals surface area contributed by atoms with Gasteiger partial charge < -0.3 is 4.74 Å². The molecule has 1 heterocycles. The van der Waals surface area contributed by atoms with Gasteiger partial charge >= 0.3 is 6.36 Å². The van der Waals surface area contributed by atoms with Crippen molar-refractivity contribution in [3.8, 4) is 5.88 Å². The third kappa shape index (κ3) is 3.67. The van der Waals surface area contributed by atoms with Crippen LogP contribution >= 0.6 is 27.5 Å². The number of hydrogen-bond acceptors (Lipinski definition) is 3. The van der Waals surface area contributed by atoms with E-state index in [1.54, 1.807) is 0 Å². The molecule has 0 N–H and O–H groups in total. The van der Waals surface area contributed by atoms with E-state index in [1.807, 2.05) is 0 Å². The van der Waals surface area contributed by atoms with Crippen LogP contribution in [0.1, 0.15) is 10.4 Å². The number of rotatable bonds is 2. The molecule has 0 atom stereocenters. The van der Waals surface area contributed by atoms with Gasteiger partial charge in [-0.3, -0.25) is 4.79 Å². The largest absolute Gasteiger partial charge is 0.574 e. The highest BCUT2D eigenvalue weighted by Crippen LogP contribution is 2.27. The van der Waals surface area contributed by atoms with Crippen molar-refractivity contribution in [2.75, 3.05) is 0 Å². The van der Waals surface area contributed by atoms with Gasteiger partial charge in [0.25, 0.3) is 5.24 Å². The van der Waals surface area contributed by atoms with Gasteiger partial charge in [0.1, 0.15) is 0 Å². The summed E-state index contributed by atoms with van der Waals surface area (Å²) in [7, 11) is 0. The van der Waals surface area contributed by atoms with E-state index in [0.717, 1.165) is 12.3 Å². The molecule has 8 heteroatoms. The number of alkyl halides is 3. The molecule has 1 aromatic heterocycles. The molecule has 0 spiro atoms. The van der Waals surface area contributed by atoms with Crippen LogP contribution in [0.3, 0.4) is 0 Å². The molecule has 0 fully saturated rings. The van der Waals surface area contributed by atoms with Gasteiger partial charge in [-0.15, -0.1) is 13.2 Å². The van der Waals surface area contributed by atoms with Crippen molar-refractivity contribution in [1.82, 2.24) is 4.98 Å². The number of aromatic nitrogens is 1. The Bertz CT molecular complexity index is 396. The molecule has 0 amide bonds. The highest BCUT2D eigenvalue weighted by molar-refractivity contribution is 9.10. The Morgan fingerprint density at radius 2 is 2.13 bits per heavy atom. The van der Waals surface area contributed by atoms with Crippen LogP contribution in [0.4, 0.5) is 13.2 Å². The lowest BCUT2D eigenvalue weighted by Gasteiger charge is -2.09. The van der Waals surface area contributed by atoms with Crippen LogP contribution in [0.5, 0.6) is 5.88 Å². The summed E-state index contributed by atoms with van der Waals surface area (Å²) >= 11 is 8.00. The lowest BCUT2D eigenvalue weighted by Crippen LogP contribution is -2.19. The molecular formula is C7H2BrClF3NO2. The Morgan fingerprint density at radius 1 is 1.53 bits per heavy atom. The van der Waals surface area contributed by atoms with Crippen LogP contribution in [0.25, 0.3) is 0 Å². The summed E-state index contributed by atoms with van der Waals surface area (Å²) in [5, 5.41) is -1.08. The van der Waals surface area contributed by atoms with E-state index in [4.69, 9.17) is 11.6 Å². The minimum atomic E-state index is -4.91. The fourth-order valence-electron chi connectivity index (χ4n) is 0.758. The van der Waals surface area contributed by atoms with E-state index >= 15 is 0 Å². The van der Waals surface area contributed by atoms with E-state index < -0.39 is 23.0 Å². The zero-order valence-corrected chi connectivity index (χ0v) is 9.15. The molecule has 0 bridgehead atoms. The van der Waals surface area contributed by atoms with E-state index in [2.05, 4.69) is 25.7 Å². The number of nitrogens with zero attached hydrogens (tertiary/aromatic N) is 1. The van der Waals surface area contributed by atoms with Crippen LogP contribution in [-0.2, 0) is 0 Å². The smallest absolute Gasteiger partial charge is 0.387 e. The molecule has 0 aliphatic rings. The Morgan fingerprint density at radius 3 is 2.60 bits per heavy atom. The van der Waals surface area contributed by atoms with Crippen molar-refractivity contribution in [2.24, 2.45) is 0 Å². The standard InChI is InChI=1S/C7H2BrClF3NO2/c8-3-1-4(5(9)14)6(13-2-3)15-7(10,11)12/h1-2H. The highest BCUT2D eigenvalue weighted by Gasteiger charge is 2.33. The Labute approximate surface area is 95.3 Å². The van der Waals surface area contributed by atoms with Crippen molar-refractivity contribution in [1.29, 1.82) is 0 Å². The quantitative estimate of drug-likeness (QED) is 0.788. The molecule has 0 aliphatic carbocycles. The topological polar surface area (TPSA) is 39.2 Å². The summed E-state index contributed by atoms with van der Waals surface area (Å²) in [5.74, 6) is -0.870. The maximum Gasteiger partial charge on any atom is 0.574 e. The number of ether oxygens (including phenoxy) is 1. The third-order valence-corrected chi connectivity index (χ3v) is 1.88. The van der Waals surface area contributed by atoms with Gasteiger partial charge in [0.05, 0.1) is 5.56 Å². The molecule has 15 heavy (non-hydrogen) atoms. The fraction of sp³-hybridized carbons (Fsp3) is 0.143. The lowest BCUT2D eigenvalue weighted by atomic mass is 10.3. The van der Waals surface area contributed by atoms with Crippen LogP contribution in [0.2, 0.25) is 0 Å².